The molecule has 0 unspecified atom stereocenters. The minimum Gasteiger partial charge on any atom is -0.399 e. The number of benzene rings is 1. The van der Waals surface area contributed by atoms with Gasteiger partial charge in [-0.2, -0.15) is 0 Å². The molecular weight excluding hydrogens is 342 g/mol. The molecule has 3 amide bonds. The Balaban J connectivity index is 2.13. The molecule has 1 aromatic heterocycles. The van der Waals surface area contributed by atoms with E-state index in [0.29, 0.717) is 10.7 Å². The van der Waals surface area contributed by atoms with Gasteiger partial charge in [-0.3, -0.25) is 14.4 Å². The molecule has 8 nitrogen and oxygen atoms in total. The number of nitrogens with zero attached hydrogens (tertiary/aromatic N) is 2. The molecule has 9 heteroatoms. The Morgan fingerprint density at radius 3 is 2.48 bits per heavy atom. The van der Waals surface area contributed by atoms with E-state index in [2.05, 4.69) is 21.9 Å². The van der Waals surface area contributed by atoms with Crippen LogP contribution in [0, 0.1) is 0 Å². The van der Waals surface area contributed by atoms with Gasteiger partial charge in [-0.05, 0) is 31.2 Å². The van der Waals surface area contributed by atoms with Crippen molar-refractivity contribution in [3.63, 3.8) is 0 Å². The van der Waals surface area contributed by atoms with E-state index in [1.54, 1.807) is 29.6 Å². The maximum absolute atomic E-state index is 12.1. The average Bonchev–Trinajstić information content (AvgIpc) is 3.05. The molecule has 0 saturated carbocycles. The molecule has 2 aromatic rings. The maximum Gasteiger partial charge on any atom is 0.296 e. The topological polar surface area (TPSA) is 141 Å². The number of anilines is 1. The normalized spacial score (nSPS) is 11.0. The molecule has 0 saturated heterocycles. The Morgan fingerprint density at radius 1 is 1.24 bits per heavy atom. The molecule has 0 fully saturated rings. The summed E-state index contributed by atoms with van der Waals surface area (Å²) in [7, 11) is 0. The molecule has 1 aromatic carbocycles. The van der Waals surface area contributed by atoms with E-state index in [9.17, 15) is 14.4 Å². The number of hydrogen-bond acceptors (Lipinski definition) is 6. The zero-order valence-corrected chi connectivity index (χ0v) is 14.1. The van der Waals surface area contributed by atoms with Crippen molar-refractivity contribution in [3.8, 4) is 10.6 Å². The van der Waals surface area contributed by atoms with Crippen LogP contribution in [0.3, 0.4) is 0 Å². The van der Waals surface area contributed by atoms with Crippen LogP contribution in [0.5, 0.6) is 0 Å². The van der Waals surface area contributed by atoms with Crippen molar-refractivity contribution >= 4 is 40.5 Å². The van der Waals surface area contributed by atoms with Crippen molar-refractivity contribution < 1.29 is 14.4 Å². The molecule has 0 atom stereocenters. The van der Waals surface area contributed by atoms with Gasteiger partial charge in [-0.1, -0.05) is 6.58 Å². The SMILES string of the molecule is C=C(NC(=O)/C(C)=N/C(=O)c1csc(-c2ccc(N)cc2)n1)C(N)=O. The summed E-state index contributed by atoms with van der Waals surface area (Å²) in [6.45, 7) is 4.62. The van der Waals surface area contributed by atoms with Crippen molar-refractivity contribution in [2.75, 3.05) is 5.73 Å². The van der Waals surface area contributed by atoms with Crippen LogP contribution in [0.15, 0.2) is 46.9 Å². The molecular formula is C16H15N5O3S. The van der Waals surface area contributed by atoms with Crippen molar-refractivity contribution in [2.24, 2.45) is 10.7 Å². The van der Waals surface area contributed by atoms with Gasteiger partial charge in [-0.25, -0.2) is 9.98 Å². The molecule has 0 spiro atoms. The Morgan fingerprint density at radius 2 is 1.88 bits per heavy atom. The first-order valence-corrected chi connectivity index (χ1v) is 7.87. The molecule has 5 N–H and O–H groups in total. The average molecular weight is 357 g/mol. The van der Waals surface area contributed by atoms with Gasteiger partial charge in [0.05, 0.1) is 5.70 Å². The van der Waals surface area contributed by atoms with Gasteiger partial charge in [0.25, 0.3) is 17.7 Å². The van der Waals surface area contributed by atoms with Crippen LogP contribution < -0.4 is 16.8 Å². The van der Waals surface area contributed by atoms with E-state index in [0.717, 1.165) is 5.56 Å². The molecule has 0 aliphatic carbocycles. The van der Waals surface area contributed by atoms with Gasteiger partial charge < -0.3 is 16.8 Å². The summed E-state index contributed by atoms with van der Waals surface area (Å²) in [4.78, 5) is 42.6. The lowest BCUT2D eigenvalue weighted by molar-refractivity contribution is -0.118. The highest BCUT2D eigenvalue weighted by molar-refractivity contribution is 7.13. The lowest BCUT2D eigenvalue weighted by atomic mass is 10.2. The lowest BCUT2D eigenvalue weighted by Crippen LogP contribution is -2.34. The van der Waals surface area contributed by atoms with Crippen LogP contribution in [0.4, 0.5) is 5.69 Å². The second-order valence-electron chi connectivity index (χ2n) is 4.96. The number of primary amides is 1. The molecule has 0 radical (unpaired) electrons. The molecule has 0 aliphatic rings. The number of carbonyl (C=O) groups is 3. The summed E-state index contributed by atoms with van der Waals surface area (Å²) in [6.07, 6.45) is 0. The number of aromatic nitrogens is 1. The first-order valence-electron chi connectivity index (χ1n) is 6.99. The van der Waals surface area contributed by atoms with Gasteiger partial charge in [-0.15, -0.1) is 11.3 Å². The van der Waals surface area contributed by atoms with Gasteiger partial charge in [0.15, 0.2) is 0 Å². The van der Waals surface area contributed by atoms with Gasteiger partial charge in [0.2, 0.25) is 0 Å². The number of rotatable bonds is 5. The number of nitrogens with two attached hydrogens (primary N) is 2. The van der Waals surface area contributed by atoms with Crippen LogP contribution in [0.25, 0.3) is 10.6 Å². The highest BCUT2D eigenvalue weighted by Crippen LogP contribution is 2.24. The molecule has 128 valence electrons. The van der Waals surface area contributed by atoms with Crippen LogP contribution in [-0.4, -0.2) is 28.4 Å². The number of hydrogen-bond donors (Lipinski definition) is 3. The van der Waals surface area contributed by atoms with E-state index in [1.165, 1.54) is 18.3 Å². The summed E-state index contributed by atoms with van der Waals surface area (Å²) < 4.78 is 0. The Hall–Kier alpha value is -3.33. The Labute approximate surface area is 147 Å². The Kier molecular flexibility index (Phi) is 5.40. The molecule has 0 aliphatic heterocycles. The summed E-state index contributed by atoms with van der Waals surface area (Å²) in [5.74, 6) is -2.29. The van der Waals surface area contributed by atoms with Crippen molar-refractivity contribution in [1.29, 1.82) is 0 Å². The summed E-state index contributed by atoms with van der Waals surface area (Å²) in [6, 6.07) is 7.05. The fraction of sp³-hybridized carbons (Fsp3) is 0.0625. The van der Waals surface area contributed by atoms with E-state index in [1.807, 2.05) is 0 Å². The predicted octanol–water partition coefficient (Wildman–Crippen LogP) is 1.11. The minimum absolute atomic E-state index is 0.109. The summed E-state index contributed by atoms with van der Waals surface area (Å²) in [5, 5.41) is 4.33. The molecule has 25 heavy (non-hydrogen) atoms. The first-order chi connectivity index (χ1) is 11.8. The number of nitrogens with one attached hydrogen (secondary N) is 1. The third-order valence-electron chi connectivity index (χ3n) is 3.04. The number of amides is 3. The Bertz CT molecular complexity index is 883. The van der Waals surface area contributed by atoms with Crippen LogP contribution in [-0.2, 0) is 9.59 Å². The lowest BCUT2D eigenvalue weighted by Gasteiger charge is -2.03. The van der Waals surface area contributed by atoms with E-state index >= 15 is 0 Å². The zero-order chi connectivity index (χ0) is 18.6. The zero-order valence-electron chi connectivity index (χ0n) is 13.3. The third kappa shape index (κ3) is 4.58. The second kappa shape index (κ2) is 7.49. The largest absolute Gasteiger partial charge is 0.399 e. The number of carbonyl (C=O) groups excluding carboxylic acids is 3. The fourth-order valence-corrected chi connectivity index (χ4v) is 2.48. The second-order valence-corrected chi connectivity index (χ2v) is 5.82. The van der Waals surface area contributed by atoms with E-state index in [4.69, 9.17) is 11.5 Å². The van der Waals surface area contributed by atoms with Crippen LogP contribution in [0.1, 0.15) is 17.4 Å². The smallest absolute Gasteiger partial charge is 0.296 e. The first kappa shape index (κ1) is 18.0. The minimum atomic E-state index is -0.875. The molecule has 2 rings (SSSR count). The quantitative estimate of drug-likeness (QED) is 0.417. The van der Waals surface area contributed by atoms with Crippen LogP contribution >= 0.6 is 11.3 Å². The number of aliphatic imine (C=N–C) groups is 1. The number of nitrogen functional groups attached to an aromatic ring is 1. The van der Waals surface area contributed by atoms with Gasteiger partial charge in [0.1, 0.15) is 16.4 Å². The molecule has 1 heterocycles. The monoisotopic (exact) mass is 357 g/mol. The summed E-state index contributed by atoms with van der Waals surface area (Å²) in [5.41, 5.74) is 11.7. The van der Waals surface area contributed by atoms with Crippen molar-refractivity contribution in [1.82, 2.24) is 10.3 Å². The molecule has 0 bridgehead atoms. The number of thiazole rings is 1. The fourth-order valence-electron chi connectivity index (χ4n) is 1.68. The summed E-state index contributed by atoms with van der Waals surface area (Å²) >= 11 is 1.27. The highest BCUT2D eigenvalue weighted by atomic mass is 32.1. The van der Waals surface area contributed by atoms with E-state index < -0.39 is 17.7 Å². The highest BCUT2D eigenvalue weighted by Gasteiger charge is 2.15. The van der Waals surface area contributed by atoms with Crippen molar-refractivity contribution in [2.45, 2.75) is 6.92 Å². The van der Waals surface area contributed by atoms with Gasteiger partial charge >= 0.3 is 0 Å². The predicted molar refractivity (Wildman–Crippen MR) is 95.9 cm³/mol. The third-order valence-corrected chi connectivity index (χ3v) is 3.93. The van der Waals surface area contributed by atoms with Gasteiger partial charge in [0, 0.05) is 16.6 Å². The van der Waals surface area contributed by atoms with E-state index in [-0.39, 0.29) is 17.1 Å². The maximum atomic E-state index is 12.1. The van der Waals surface area contributed by atoms with Crippen LogP contribution in [0.2, 0.25) is 0 Å². The van der Waals surface area contributed by atoms with Crippen molar-refractivity contribution in [3.05, 3.63) is 47.6 Å². The standard InChI is InChI=1S/C16H15N5O3S/c1-8(13(18)22)19-14(23)9(2)20-15(24)12-7-25-16(21-12)10-3-5-11(17)6-4-10/h3-7H,1,17H2,2H3,(H2,18,22)(H,19,23)/b20-9+.